The minimum Gasteiger partial charge on any atom is -0.348 e. The van der Waals surface area contributed by atoms with Crippen LogP contribution in [0.25, 0.3) is 0 Å². The van der Waals surface area contributed by atoms with Crippen LogP contribution in [0.3, 0.4) is 0 Å². The Hall–Kier alpha value is 1.18. The molecule has 0 aliphatic heterocycles. The van der Waals surface area contributed by atoms with E-state index in [0.717, 1.165) is 35.7 Å². The second-order valence-corrected chi connectivity index (χ2v) is 7.13. The molecule has 0 bridgehead atoms. The zero-order chi connectivity index (χ0) is 16.8. The summed E-state index contributed by atoms with van der Waals surface area (Å²) >= 11 is 27.7. The molecule has 0 heterocycles. The molecule has 0 aliphatic rings. The van der Waals surface area contributed by atoms with Crippen molar-refractivity contribution in [2.45, 2.75) is 51.4 Å². The van der Waals surface area contributed by atoms with Crippen LogP contribution in [0, 0.1) is 0 Å². The summed E-state index contributed by atoms with van der Waals surface area (Å²) in [5, 5.41) is 0. The zero-order valence-corrected chi connectivity index (χ0v) is 18.2. The largest absolute Gasteiger partial charge is 0.348 e. The van der Waals surface area contributed by atoms with Gasteiger partial charge in [0.1, 0.15) is 0 Å². The maximum Gasteiger partial charge on any atom is 0.0792 e. The lowest BCUT2D eigenvalue weighted by molar-refractivity contribution is 0.549. The van der Waals surface area contributed by atoms with Gasteiger partial charge in [0.25, 0.3) is 0 Å². The SMILES string of the molecule is S=C(CCCCCCCCC(=S)N(CS)CS)N(CS)CS. The Bertz CT molecular complexity index is 276. The van der Waals surface area contributed by atoms with E-state index in [9.17, 15) is 0 Å². The maximum absolute atomic E-state index is 5.37. The molecule has 22 heavy (non-hydrogen) atoms. The fourth-order valence-electron chi connectivity index (χ4n) is 1.98. The quantitative estimate of drug-likeness (QED) is 0.146. The maximum atomic E-state index is 5.37. The fraction of sp³-hybridized carbons (Fsp3) is 0.857. The van der Waals surface area contributed by atoms with Crippen LogP contribution in [0.1, 0.15) is 51.4 Å². The monoisotopic (exact) mass is 416 g/mol. The van der Waals surface area contributed by atoms with E-state index in [-0.39, 0.29) is 0 Å². The first-order valence-corrected chi connectivity index (χ1v) is 10.9. The average Bonchev–Trinajstić information content (AvgIpc) is 2.52. The number of thiol groups is 4. The Labute approximate surface area is 168 Å². The molecule has 0 radical (unpaired) electrons. The van der Waals surface area contributed by atoms with Gasteiger partial charge < -0.3 is 9.80 Å². The molecular weight excluding hydrogens is 389 g/mol. The normalized spacial score (nSPS) is 10.5. The second-order valence-electron chi connectivity index (χ2n) is 5.05. The standard InChI is InChI=1S/C14H28N2S6/c17-9-15(10-18)13(21)7-5-3-1-2-4-6-8-14(22)16(11-19)12-20/h17-20H,1-12H2. The lowest BCUT2D eigenvalue weighted by atomic mass is 10.1. The first kappa shape index (κ1) is 23.2. The van der Waals surface area contributed by atoms with E-state index >= 15 is 0 Å². The van der Waals surface area contributed by atoms with Crippen molar-refractivity contribution in [1.82, 2.24) is 9.80 Å². The molecule has 8 heteroatoms. The lowest BCUT2D eigenvalue weighted by Gasteiger charge is -2.20. The number of nitrogens with zero attached hydrogens (tertiary/aromatic N) is 2. The molecule has 2 nitrogen and oxygen atoms in total. The molecule has 0 aromatic carbocycles. The van der Waals surface area contributed by atoms with Crippen molar-refractivity contribution in [2.24, 2.45) is 0 Å². The second kappa shape index (κ2) is 15.7. The molecule has 0 saturated heterocycles. The van der Waals surface area contributed by atoms with E-state index < -0.39 is 0 Å². The molecular formula is C14H28N2S6. The van der Waals surface area contributed by atoms with Gasteiger partial charge in [0.2, 0.25) is 0 Å². The fourth-order valence-corrected chi connectivity index (χ4v) is 4.31. The van der Waals surface area contributed by atoms with Crippen LogP contribution < -0.4 is 0 Å². The molecule has 0 aromatic rings. The van der Waals surface area contributed by atoms with E-state index in [4.69, 9.17) is 24.4 Å². The molecule has 0 aliphatic carbocycles. The summed E-state index contributed by atoms with van der Waals surface area (Å²) in [5.41, 5.74) is 0. The Morgan fingerprint density at radius 2 is 0.818 bits per heavy atom. The van der Waals surface area contributed by atoms with Crippen molar-refractivity contribution in [3.05, 3.63) is 0 Å². The highest BCUT2D eigenvalue weighted by molar-refractivity contribution is 7.82. The third-order valence-corrected chi connectivity index (χ3v) is 5.71. The average molecular weight is 417 g/mol. The lowest BCUT2D eigenvalue weighted by Crippen LogP contribution is -2.26. The van der Waals surface area contributed by atoms with E-state index in [0.29, 0.717) is 23.5 Å². The Morgan fingerprint density at radius 1 is 0.545 bits per heavy atom. The molecule has 0 rings (SSSR count). The van der Waals surface area contributed by atoms with Gasteiger partial charge in [-0.05, 0) is 25.7 Å². The summed E-state index contributed by atoms with van der Waals surface area (Å²) in [5.74, 6) is 2.60. The van der Waals surface area contributed by atoms with E-state index in [2.05, 4.69) is 50.5 Å². The zero-order valence-electron chi connectivity index (χ0n) is 13.0. The van der Waals surface area contributed by atoms with E-state index in [1.165, 1.54) is 25.7 Å². The van der Waals surface area contributed by atoms with Gasteiger partial charge in [-0.25, -0.2) is 0 Å². The summed E-state index contributed by atoms with van der Waals surface area (Å²) in [4.78, 5) is 5.98. The number of unbranched alkanes of at least 4 members (excludes halogenated alkanes) is 5. The molecule has 130 valence electrons. The van der Waals surface area contributed by atoms with Gasteiger partial charge in [-0.15, -0.1) is 0 Å². The van der Waals surface area contributed by atoms with Gasteiger partial charge in [-0.1, -0.05) is 50.1 Å². The van der Waals surface area contributed by atoms with E-state index in [1.807, 2.05) is 9.80 Å². The Balaban J connectivity index is 3.51. The van der Waals surface area contributed by atoms with Gasteiger partial charge in [0.15, 0.2) is 0 Å². The molecule has 0 unspecified atom stereocenters. The van der Waals surface area contributed by atoms with Gasteiger partial charge in [0.05, 0.1) is 33.5 Å². The summed E-state index contributed by atoms with van der Waals surface area (Å²) in [6.07, 6.45) is 9.25. The highest BCUT2D eigenvalue weighted by Crippen LogP contribution is 2.12. The summed E-state index contributed by atoms with van der Waals surface area (Å²) in [7, 11) is 0. The first-order valence-electron chi connectivity index (χ1n) is 7.59. The van der Waals surface area contributed by atoms with Gasteiger partial charge in [-0.3, -0.25) is 0 Å². The van der Waals surface area contributed by atoms with Gasteiger partial charge in [0, 0.05) is 0 Å². The van der Waals surface area contributed by atoms with Crippen LogP contribution in [-0.4, -0.2) is 43.3 Å². The highest BCUT2D eigenvalue weighted by Gasteiger charge is 2.06. The first-order chi connectivity index (χ1) is 10.6. The smallest absolute Gasteiger partial charge is 0.0792 e. The molecule has 0 fully saturated rings. The molecule has 0 spiro atoms. The van der Waals surface area contributed by atoms with Crippen LogP contribution >= 0.6 is 75.0 Å². The summed E-state index contributed by atoms with van der Waals surface area (Å²) < 4.78 is 0. The molecule has 0 atom stereocenters. The van der Waals surface area contributed by atoms with Crippen molar-refractivity contribution in [1.29, 1.82) is 0 Å². The summed E-state index contributed by atoms with van der Waals surface area (Å²) in [6.45, 7) is 0. The topological polar surface area (TPSA) is 6.48 Å². The Kier molecular flexibility index (Phi) is 16.5. The third-order valence-electron chi connectivity index (χ3n) is 3.42. The summed E-state index contributed by atoms with van der Waals surface area (Å²) in [6, 6.07) is 0. The predicted molar refractivity (Wildman–Crippen MR) is 121 cm³/mol. The number of thiocarbonyl (C=S) groups is 2. The molecule has 0 amide bonds. The van der Waals surface area contributed by atoms with Gasteiger partial charge >= 0.3 is 0 Å². The number of rotatable bonds is 13. The third kappa shape index (κ3) is 10.9. The molecule has 0 N–H and O–H groups in total. The van der Waals surface area contributed by atoms with Crippen molar-refractivity contribution in [3.63, 3.8) is 0 Å². The minimum atomic E-state index is 0.651. The van der Waals surface area contributed by atoms with Crippen molar-refractivity contribution >= 4 is 84.9 Å². The minimum absolute atomic E-state index is 0.651. The van der Waals surface area contributed by atoms with E-state index in [1.54, 1.807) is 0 Å². The van der Waals surface area contributed by atoms with Crippen molar-refractivity contribution in [2.75, 3.05) is 23.5 Å². The predicted octanol–water partition coefficient (Wildman–Crippen LogP) is 4.92. The number of hydrogen-bond acceptors (Lipinski definition) is 6. The van der Waals surface area contributed by atoms with Crippen LogP contribution in [0.2, 0.25) is 0 Å². The van der Waals surface area contributed by atoms with Crippen molar-refractivity contribution in [3.8, 4) is 0 Å². The van der Waals surface area contributed by atoms with Gasteiger partial charge in [-0.2, -0.15) is 50.5 Å². The number of hydrogen-bond donors (Lipinski definition) is 4. The van der Waals surface area contributed by atoms with Crippen LogP contribution in [-0.2, 0) is 0 Å². The van der Waals surface area contributed by atoms with Crippen LogP contribution in [0.4, 0.5) is 0 Å². The Morgan fingerprint density at radius 3 is 1.09 bits per heavy atom. The van der Waals surface area contributed by atoms with Crippen LogP contribution in [0.15, 0.2) is 0 Å². The van der Waals surface area contributed by atoms with Crippen LogP contribution in [0.5, 0.6) is 0 Å². The highest BCUT2D eigenvalue weighted by atomic mass is 32.1. The molecule has 0 aromatic heterocycles. The van der Waals surface area contributed by atoms with Crippen molar-refractivity contribution < 1.29 is 0 Å². The molecule has 0 saturated carbocycles.